The summed E-state index contributed by atoms with van der Waals surface area (Å²) in [5.41, 5.74) is 7.38. The van der Waals surface area contributed by atoms with Gasteiger partial charge < -0.3 is 5.73 Å². The van der Waals surface area contributed by atoms with E-state index in [-0.39, 0.29) is 10.3 Å². The topological polar surface area (TPSA) is 72.2 Å². The number of anilines is 1. The Morgan fingerprint density at radius 1 is 1.37 bits per heavy atom. The Morgan fingerprint density at radius 3 is 2.58 bits per heavy atom. The van der Waals surface area contributed by atoms with Crippen molar-refractivity contribution in [2.24, 2.45) is 5.41 Å². The summed E-state index contributed by atoms with van der Waals surface area (Å²) in [6.07, 6.45) is 4.43. The van der Waals surface area contributed by atoms with Crippen LogP contribution in [0.1, 0.15) is 38.2 Å². The molecule has 19 heavy (non-hydrogen) atoms. The molecule has 0 unspecified atom stereocenters. The lowest BCUT2D eigenvalue weighted by atomic mass is 10.0. The van der Waals surface area contributed by atoms with Gasteiger partial charge in [0.15, 0.2) is 0 Å². The first-order valence-corrected chi connectivity index (χ1v) is 8.23. The summed E-state index contributed by atoms with van der Waals surface area (Å²) in [6, 6.07) is 4.87. The minimum atomic E-state index is -3.44. The fraction of sp³-hybridized carbons (Fsp3) is 0.571. The number of nitrogen functional groups attached to an aromatic ring is 1. The molecule has 1 aromatic carbocycles. The van der Waals surface area contributed by atoms with Crippen molar-refractivity contribution in [3.8, 4) is 0 Å². The van der Waals surface area contributed by atoms with Crippen LogP contribution >= 0.6 is 0 Å². The highest BCUT2D eigenvalue weighted by Crippen LogP contribution is 2.49. The smallest absolute Gasteiger partial charge is 0.240 e. The van der Waals surface area contributed by atoms with Crippen LogP contribution in [0.2, 0.25) is 0 Å². The molecule has 3 N–H and O–H groups in total. The number of nitrogens with one attached hydrogen (secondary N) is 1. The number of hydrogen-bond acceptors (Lipinski definition) is 3. The van der Waals surface area contributed by atoms with Crippen LogP contribution in [-0.4, -0.2) is 15.0 Å². The Labute approximate surface area is 115 Å². The summed E-state index contributed by atoms with van der Waals surface area (Å²) in [5, 5.41) is 0. The van der Waals surface area contributed by atoms with Crippen molar-refractivity contribution >= 4 is 15.7 Å². The van der Waals surface area contributed by atoms with Gasteiger partial charge in [0.1, 0.15) is 0 Å². The van der Waals surface area contributed by atoms with Gasteiger partial charge in [-0.3, -0.25) is 0 Å². The van der Waals surface area contributed by atoms with Gasteiger partial charge in [0.25, 0.3) is 0 Å². The molecular weight excluding hydrogens is 260 g/mol. The molecule has 4 nitrogen and oxygen atoms in total. The third kappa shape index (κ3) is 3.28. The van der Waals surface area contributed by atoms with Gasteiger partial charge in [0.05, 0.1) is 4.90 Å². The van der Waals surface area contributed by atoms with E-state index in [1.807, 2.05) is 6.92 Å². The Morgan fingerprint density at radius 2 is 2.05 bits per heavy atom. The Balaban J connectivity index is 2.08. The molecule has 1 aliphatic carbocycles. The molecule has 0 amide bonds. The van der Waals surface area contributed by atoms with E-state index in [0.717, 1.165) is 31.2 Å². The minimum Gasteiger partial charge on any atom is -0.398 e. The van der Waals surface area contributed by atoms with Crippen molar-refractivity contribution < 1.29 is 8.42 Å². The molecule has 1 aromatic rings. The third-order valence-corrected chi connectivity index (χ3v) is 5.33. The van der Waals surface area contributed by atoms with Gasteiger partial charge in [-0.25, -0.2) is 13.1 Å². The predicted molar refractivity (Wildman–Crippen MR) is 77.4 cm³/mol. The zero-order valence-electron chi connectivity index (χ0n) is 11.6. The lowest BCUT2D eigenvalue weighted by molar-refractivity contribution is 0.449. The predicted octanol–water partition coefficient (Wildman–Crippen LogP) is 2.44. The van der Waals surface area contributed by atoms with E-state index in [1.165, 1.54) is 6.07 Å². The highest BCUT2D eigenvalue weighted by molar-refractivity contribution is 7.89. The average Bonchev–Trinajstić information content (AvgIpc) is 3.11. The second-order valence-corrected chi connectivity index (χ2v) is 7.36. The summed E-state index contributed by atoms with van der Waals surface area (Å²) in [5.74, 6) is 0. The van der Waals surface area contributed by atoms with Gasteiger partial charge in [0.2, 0.25) is 10.0 Å². The molecule has 1 aliphatic rings. The normalized spacial score (nSPS) is 17.4. The number of aryl methyl sites for hydroxylation is 1. The van der Waals surface area contributed by atoms with E-state index >= 15 is 0 Å². The molecule has 0 radical (unpaired) electrons. The molecule has 0 heterocycles. The molecule has 0 spiro atoms. The minimum absolute atomic E-state index is 0.206. The zero-order chi connectivity index (χ0) is 14.1. The first kappa shape index (κ1) is 14.3. The van der Waals surface area contributed by atoms with Crippen LogP contribution in [0.15, 0.2) is 23.1 Å². The molecule has 2 rings (SSSR count). The molecule has 1 saturated carbocycles. The van der Waals surface area contributed by atoms with Gasteiger partial charge in [-0.15, -0.1) is 0 Å². The van der Waals surface area contributed by atoms with Crippen LogP contribution in [0.4, 0.5) is 5.69 Å². The summed E-state index contributed by atoms with van der Waals surface area (Å²) in [6.45, 7) is 4.53. The maximum absolute atomic E-state index is 12.2. The fourth-order valence-corrected chi connectivity index (χ4v) is 3.53. The molecule has 0 saturated heterocycles. The molecule has 0 aromatic heterocycles. The van der Waals surface area contributed by atoms with Crippen molar-refractivity contribution in [3.63, 3.8) is 0 Å². The van der Waals surface area contributed by atoms with Gasteiger partial charge >= 0.3 is 0 Å². The highest BCUT2D eigenvalue weighted by Gasteiger charge is 2.42. The number of nitrogens with two attached hydrogens (primary N) is 1. The number of benzene rings is 1. The molecule has 5 heteroatoms. The van der Waals surface area contributed by atoms with Crippen molar-refractivity contribution in [2.45, 2.75) is 44.4 Å². The Hall–Kier alpha value is -1.07. The van der Waals surface area contributed by atoms with E-state index in [0.29, 0.717) is 12.2 Å². The molecule has 1 fully saturated rings. The van der Waals surface area contributed by atoms with Crippen LogP contribution in [-0.2, 0) is 10.0 Å². The van der Waals surface area contributed by atoms with E-state index in [2.05, 4.69) is 11.6 Å². The monoisotopic (exact) mass is 282 g/mol. The largest absolute Gasteiger partial charge is 0.398 e. The number of hydrogen-bond donors (Lipinski definition) is 2. The Kier molecular flexibility index (Phi) is 3.87. The molecule has 0 atom stereocenters. The van der Waals surface area contributed by atoms with E-state index < -0.39 is 10.0 Å². The summed E-state index contributed by atoms with van der Waals surface area (Å²) < 4.78 is 27.1. The number of rotatable bonds is 6. The molecular formula is C14H22N2O2S. The maximum Gasteiger partial charge on any atom is 0.240 e. The van der Waals surface area contributed by atoms with Crippen LogP contribution in [0.25, 0.3) is 0 Å². The second kappa shape index (κ2) is 5.13. The van der Waals surface area contributed by atoms with Gasteiger partial charge in [-0.1, -0.05) is 19.4 Å². The molecule has 106 valence electrons. The summed E-state index contributed by atoms with van der Waals surface area (Å²) >= 11 is 0. The lowest BCUT2D eigenvalue weighted by Crippen LogP contribution is -2.30. The summed E-state index contributed by atoms with van der Waals surface area (Å²) in [4.78, 5) is 0.253. The lowest BCUT2D eigenvalue weighted by Gasteiger charge is -2.15. The van der Waals surface area contributed by atoms with Crippen molar-refractivity contribution in [2.75, 3.05) is 12.3 Å². The van der Waals surface area contributed by atoms with Gasteiger partial charge in [-0.2, -0.15) is 0 Å². The fourth-order valence-electron chi connectivity index (χ4n) is 2.34. The maximum atomic E-state index is 12.2. The zero-order valence-corrected chi connectivity index (χ0v) is 12.4. The third-order valence-electron chi connectivity index (χ3n) is 3.94. The number of sulfonamides is 1. The first-order chi connectivity index (χ1) is 8.88. The van der Waals surface area contributed by atoms with Gasteiger partial charge in [-0.05, 0) is 49.3 Å². The summed E-state index contributed by atoms with van der Waals surface area (Å²) in [7, 11) is -3.44. The second-order valence-electron chi connectivity index (χ2n) is 5.59. The van der Waals surface area contributed by atoms with Crippen molar-refractivity contribution in [3.05, 3.63) is 23.8 Å². The highest BCUT2D eigenvalue weighted by atomic mass is 32.2. The van der Waals surface area contributed by atoms with Crippen LogP contribution in [0.5, 0.6) is 0 Å². The van der Waals surface area contributed by atoms with Crippen LogP contribution < -0.4 is 10.5 Å². The van der Waals surface area contributed by atoms with E-state index in [9.17, 15) is 8.42 Å². The van der Waals surface area contributed by atoms with Gasteiger partial charge in [0, 0.05) is 12.2 Å². The first-order valence-electron chi connectivity index (χ1n) is 6.74. The van der Waals surface area contributed by atoms with Crippen molar-refractivity contribution in [1.29, 1.82) is 0 Å². The molecule has 0 aliphatic heterocycles. The van der Waals surface area contributed by atoms with E-state index in [1.54, 1.807) is 12.1 Å². The quantitative estimate of drug-likeness (QED) is 0.787. The van der Waals surface area contributed by atoms with Crippen LogP contribution in [0, 0.1) is 12.3 Å². The SMILES string of the molecule is CCCC1(CNS(=O)(=O)c2ccc(C)c(N)c2)CC1. The average molecular weight is 282 g/mol. The Bertz CT molecular complexity index is 563. The van der Waals surface area contributed by atoms with E-state index in [4.69, 9.17) is 5.73 Å². The van der Waals surface area contributed by atoms with Crippen LogP contribution in [0.3, 0.4) is 0 Å². The van der Waals surface area contributed by atoms with Crippen molar-refractivity contribution in [1.82, 2.24) is 4.72 Å². The molecule has 0 bridgehead atoms. The standard InChI is InChI=1S/C14H22N2O2S/c1-3-6-14(7-8-14)10-16-19(17,18)12-5-4-11(2)13(15)9-12/h4-5,9,16H,3,6-8,10,15H2,1-2H3.